The van der Waals surface area contributed by atoms with Crippen LogP contribution in [0.1, 0.15) is 12.5 Å². The van der Waals surface area contributed by atoms with Gasteiger partial charge in [-0.2, -0.15) is 0 Å². The van der Waals surface area contributed by atoms with E-state index in [1.807, 2.05) is 11.8 Å². The Morgan fingerprint density at radius 1 is 1.57 bits per heavy atom. The number of nitrogens with zero attached hydrogens (tertiary/aromatic N) is 2. The van der Waals surface area contributed by atoms with Gasteiger partial charge in [0, 0.05) is 43.5 Å². The first-order valence-corrected chi connectivity index (χ1v) is 7.04. The highest BCUT2D eigenvalue weighted by Gasteiger charge is 2.29. The first-order valence-electron chi connectivity index (χ1n) is 7.04. The zero-order chi connectivity index (χ0) is 15.4. The fourth-order valence-corrected chi connectivity index (χ4v) is 2.56. The molecule has 1 aliphatic heterocycles. The summed E-state index contributed by atoms with van der Waals surface area (Å²) < 4.78 is 0. The highest BCUT2D eigenvalue weighted by molar-refractivity contribution is 5.86. The van der Waals surface area contributed by atoms with Crippen molar-refractivity contribution in [2.24, 2.45) is 0 Å². The van der Waals surface area contributed by atoms with Gasteiger partial charge in [0.1, 0.15) is 6.04 Å². The molecule has 7 heteroatoms. The molecular weight excluding hydrogens is 272 g/mol. The Balaban J connectivity index is 2.27. The summed E-state index contributed by atoms with van der Waals surface area (Å²) in [5.74, 6) is -0.0271. The van der Waals surface area contributed by atoms with Gasteiger partial charge in [-0.05, 0) is 26.0 Å². The molecule has 21 heavy (non-hydrogen) atoms. The van der Waals surface area contributed by atoms with Crippen LogP contribution in [0.2, 0.25) is 0 Å². The van der Waals surface area contributed by atoms with Crippen LogP contribution in [-0.2, 0) is 4.79 Å². The molecular formula is C14H20N4O3. The van der Waals surface area contributed by atoms with Crippen LogP contribution >= 0.6 is 0 Å². The monoisotopic (exact) mass is 292 g/mol. The second-order valence-electron chi connectivity index (χ2n) is 5.04. The maximum Gasteiger partial charge on any atom is 0.272 e. The van der Waals surface area contributed by atoms with Gasteiger partial charge >= 0.3 is 0 Å². The Labute approximate surface area is 123 Å². The molecule has 0 spiro atoms. The Bertz CT molecular complexity index is 547. The number of nitro groups is 1. The smallest absolute Gasteiger partial charge is 0.272 e. The van der Waals surface area contributed by atoms with Crippen LogP contribution in [0.15, 0.2) is 18.2 Å². The van der Waals surface area contributed by atoms with Crippen LogP contribution < -0.4 is 15.5 Å². The van der Waals surface area contributed by atoms with Crippen molar-refractivity contribution >= 4 is 17.3 Å². The number of piperazine rings is 1. The van der Waals surface area contributed by atoms with E-state index in [1.54, 1.807) is 19.1 Å². The number of carbonyl (C=O) groups is 1. The van der Waals surface area contributed by atoms with E-state index in [0.29, 0.717) is 25.2 Å². The fourth-order valence-electron chi connectivity index (χ4n) is 2.56. The van der Waals surface area contributed by atoms with Crippen molar-refractivity contribution in [2.75, 3.05) is 31.1 Å². The minimum Gasteiger partial charge on any atom is -0.357 e. The van der Waals surface area contributed by atoms with E-state index in [-0.39, 0.29) is 17.6 Å². The summed E-state index contributed by atoms with van der Waals surface area (Å²) in [4.78, 5) is 24.6. The van der Waals surface area contributed by atoms with Gasteiger partial charge in [0.05, 0.1) is 4.92 Å². The van der Waals surface area contributed by atoms with Crippen LogP contribution in [0.5, 0.6) is 0 Å². The lowest BCUT2D eigenvalue weighted by molar-refractivity contribution is -0.385. The normalized spacial score (nSPS) is 18.4. The number of rotatable bonds is 4. The van der Waals surface area contributed by atoms with Crippen molar-refractivity contribution in [1.82, 2.24) is 10.6 Å². The highest BCUT2D eigenvalue weighted by Crippen LogP contribution is 2.26. The maximum absolute atomic E-state index is 12.1. The first kappa shape index (κ1) is 15.2. The van der Waals surface area contributed by atoms with Crippen molar-refractivity contribution < 1.29 is 9.72 Å². The van der Waals surface area contributed by atoms with E-state index in [0.717, 1.165) is 12.2 Å². The molecule has 1 aromatic carbocycles. The second kappa shape index (κ2) is 6.53. The average molecular weight is 292 g/mol. The summed E-state index contributed by atoms with van der Waals surface area (Å²) in [7, 11) is 0. The molecule has 114 valence electrons. The lowest BCUT2D eigenvalue weighted by Gasteiger charge is -2.37. The fraction of sp³-hybridized carbons (Fsp3) is 0.500. The van der Waals surface area contributed by atoms with E-state index < -0.39 is 4.92 Å². The lowest BCUT2D eigenvalue weighted by atomic mass is 10.1. The SMILES string of the molecule is CCNC(=O)C1CNCCN1c1ccc([N+](=O)[O-])c(C)c1. The van der Waals surface area contributed by atoms with Gasteiger partial charge in [-0.25, -0.2) is 0 Å². The Hall–Kier alpha value is -2.15. The summed E-state index contributed by atoms with van der Waals surface area (Å²) in [6, 6.07) is 4.69. The molecule has 1 atom stereocenters. The number of amides is 1. The summed E-state index contributed by atoms with van der Waals surface area (Å²) >= 11 is 0. The molecule has 1 amide bonds. The molecule has 1 aliphatic rings. The van der Waals surface area contributed by atoms with Gasteiger partial charge in [0.2, 0.25) is 5.91 Å². The van der Waals surface area contributed by atoms with Crippen molar-refractivity contribution in [1.29, 1.82) is 0 Å². The molecule has 1 heterocycles. The van der Waals surface area contributed by atoms with Crippen LogP contribution in [-0.4, -0.2) is 43.1 Å². The van der Waals surface area contributed by atoms with Gasteiger partial charge in [-0.3, -0.25) is 14.9 Å². The second-order valence-corrected chi connectivity index (χ2v) is 5.04. The number of hydrogen-bond acceptors (Lipinski definition) is 5. The minimum absolute atomic E-state index is 0.0271. The van der Waals surface area contributed by atoms with Crippen molar-refractivity contribution in [3.05, 3.63) is 33.9 Å². The zero-order valence-electron chi connectivity index (χ0n) is 12.3. The molecule has 1 aromatic rings. The minimum atomic E-state index is -0.391. The van der Waals surface area contributed by atoms with Gasteiger partial charge in [-0.15, -0.1) is 0 Å². The Morgan fingerprint density at radius 3 is 2.95 bits per heavy atom. The molecule has 0 aromatic heterocycles. The molecule has 0 saturated carbocycles. The van der Waals surface area contributed by atoms with Crippen LogP contribution in [0.25, 0.3) is 0 Å². The summed E-state index contributed by atoms with van der Waals surface area (Å²) in [5.41, 5.74) is 1.55. The predicted molar refractivity (Wildman–Crippen MR) is 80.5 cm³/mol. The molecule has 7 nitrogen and oxygen atoms in total. The third-order valence-corrected chi connectivity index (χ3v) is 3.61. The van der Waals surface area contributed by atoms with E-state index in [2.05, 4.69) is 10.6 Å². The summed E-state index contributed by atoms with van der Waals surface area (Å²) in [5, 5.41) is 16.9. The number of nitro benzene ring substituents is 1. The molecule has 0 radical (unpaired) electrons. The van der Waals surface area contributed by atoms with Gasteiger partial charge in [0.15, 0.2) is 0 Å². The number of aryl methyl sites for hydroxylation is 1. The van der Waals surface area contributed by atoms with Crippen LogP contribution in [0.3, 0.4) is 0 Å². The van der Waals surface area contributed by atoms with Gasteiger partial charge in [0.25, 0.3) is 5.69 Å². The number of hydrogen-bond donors (Lipinski definition) is 2. The number of likely N-dealkylation sites (N-methyl/N-ethyl adjacent to an activating group) is 1. The predicted octanol–water partition coefficient (Wildman–Crippen LogP) is 0.818. The molecule has 1 unspecified atom stereocenters. The van der Waals surface area contributed by atoms with Crippen molar-refractivity contribution in [3.8, 4) is 0 Å². The third kappa shape index (κ3) is 3.30. The molecule has 0 bridgehead atoms. The van der Waals surface area contributed by atoms with E-state index in [4.69, 9.17) is 0 Å². The van der Waals surface area contributed by atoms with E-state index in [1.165, 1.54) is 6.07 Å². The summed E-state index contributed by atoms with van der Waals surface area (Å²) in [6.45, 7) is 6.23. The van der Waals surface area contributed by atoms with E-state index >= 15 is 0 Å². The molecule has 1 saturated heterocycles. The third-order valence-electron chi connectivity index (χ3n) is 3.61. The van der Waals surface area contributed by atoms with Crippen molar-refractivity contribution in [2.45, 2.75) is 19.9 Å². The standard InChI is InChI=1S/C14H20N4O3/c1-3-16-14(19)13-9-15-6-7-17(13)11-4-5-12(18(20)21)10(2)8-11/h4-5,8,13,15H,3,6-7,9H2,1-2H3,(H,16,19). The topological polar surface area (TPSA) is 87.5 Å². The Kier molecular flexibility index (Phi) is 4.74. The largest absolute Gasteiger partial charge is 0.357 e. The summed E-state index contributed by atoms with van der Waals surface area (Å²) in [6.07, 6.45) is 0. The Morgan fingerprint density at radius 2 is 2.33 bits per heavy atom. The molecule has 1 fully saturated rings. The molecule has 2 rings (SSSR count). The molecule has 0 aliphatic carbocycles. The average Bonchev–Trinajstić information content (AvgIpc) is 2.47. The highest BCUT2D eigenvalue weighted by atomic mass is 16.6. The number of carbonyl (C=O) groups excluding carboxylic acids is 1. The quantitative estimate of drug-likeness (QED) is 0.633. The van der Waals surface area contributed by atoms with Gasteiger partial charge < -0.3 is 15.5 Å². The first-order chi connectivity index (χ1) is 10.0. The number of benzene rings is 1. The van der Waals surface area contributed by atoms with Gasteiger partial charge in [-0.1, -0.05) is 0 Å². The zero-order valence-corrected chi connectivity index (χ0v) is 12.3. The van der Waals surface area contributed by atoms with E-state index in [9.17, 15) is 14.9 Å². The van der Waals surface area contributed by atoms with Crippen LogP contribution in [0, 0.1) is 17.0 Å². The number of nitrogens with one attached hydrogen (secondary N) is 2. The maximum atomic E-state index is 12.1. The van der Waals surface area contributed by atoms with Crippen LogP contribution in [0.4, 0.5) is 11.4 Å². The van der Waals surface area contributed by atoms with Crippen molar-refractivity contribution in [3.63, 3.8) is 0 Å². The number of anilines is 1. The molecule has 2 N–H and O–H groups in total. The lowest BCUT2D eigenvalue weighted by Crippen LogP contribution is -2.58.